The smallest absolute Gasteiger partial charge is 0.216 e. The molecule has 1 atom stereocenters. The summed E-state index contributed by atoms with van der Waals surface area (Å²) < 4.78 is 5.44. The van der Waals surface area contributed by atoms with Crippen molar-refractivity contribution < 1.29 is 4.74 Å². The van der Waals surface area contributed by atoms with Gasteiger partial charge in [-0.2, -0.15) is 0 Å². The van der Waals surface area contributed by atoms with Gasteiger partial charge in [0.1, 0.15) is 6.33 Å². The summed E-state index contributed by atoms with van der Waals surface area (Å²) in [5.41, 5.74) is 6.60. The molecular weight excluding hydrogens is 178 g/mol. The summed E-state index contributed by atoms with van der Waals surface area (Å²) in [4.78, 5) is 8.13. The molecule has 0 bridgehead atoms. The molecular formula is C10H17N3O. The van der Waals surface area contributed by atoms with E-state index in [-0.39, 0.29) is 12.1 Å². The van der Waals surface area contributed by atoms with Crippen LogP contribution in [0.5, 0.6) is 5.88 Å². The molecule has 14 heavy (non-hydrogen) atoms. The summed E-state index contributed by atoms with van der Waals surface area (Å²) in [6, 6.07) is 1.94. The molecule has 1 rings (SSSR count). The molecule has 0 amide bonds. The van der Waals surface area contributed by atoms with E-state index in [1.165, 1.54) is 6.33 Å². The number of aromatic nitrogens is 2. The van der Waals surface area contributed by atoms with Crippen molar-refractivity contribution >= 4 is 0 Å². The van der Waals surface area contributed by atoms with Crippen LogP contribution in [0.2, 0.25) is 0 Å². The van der Waals surface area contributed by atoms with Crippen molar-refractivity contribution in [2.24, 2.45) is 5.73 Å². The van der Waals surface area contributed by atoms with Crippen LogP contribution in [0.15, 0.2) is 12.4 Å². The number of nitrogens with zero attached hydrogens (tertiary/aromatic N) is 2. The molecule has 1 aromatic heterocycles. The third kappa shape index (κ3) is 3.70. The van der Waals surface area contributed by atoms with Gasteiger partial charge in [-0.25, -0.2) is 9.97 Å². The third-order valence-electron chi connectivity index (χ3n) is 1.59. The van der Waals surface area contributed by atoms with Crippen LogP contribution in [0.1, 0.15) is 26.5 Å². The molecule has 0 fully saturated rings. The van der Waals surface area contributed by atoms with Gasteiger partial charge in [0.05, 0.1) is 6.10 Å². The van der Waals surface area contributed by atoms with Crippen LogP contribution >= 0.6 is 0 Å². The summed E-state index contributed by atoms with van der Waals surface area (Å²) >= 11 is 0. The first-order chi connectivity index (χ1) is 6.58. The first-order valence-corrected chi connectivity index (χ1v) is 4.81. The highest BCUT2D eigenvalue weighted by Crippen LogP contribution is 2.09. The van der Waals surface area contributed by atoms with Crippen molar-refractivity contribution in [3.8, 4) is 5.88 Å². The maximum atomic E-state index is 5.67. The topological polar surface area (TPSA) is 61.0 Å². The van der Waals surface area contributed by atoms with Gasteiger partial charge in [0, 0.05) is 24.2 Å². The van der Waals surface area contributed by atoms with Crippen LogP contribution in [-0.4, -0.2) is 22.1 Å². The van der Waals surface area contributed by atoms with E-state index in [0.29, 0.717) is 5.88 Å². The lowest BCUT2D eigenvalue weighted by Crippen LogP contribution is -2.18. The van der Waals surface area contributed by atoms with Crippen LogP contribution in [0.25, 0.3) is 0 Å². The molecule has 0 radical (unpaired) electrons. The predicted octanol–water partition coefficient (Wildman–Crippen LogP) is 1.15. The first-order valence-electron chi connectivity index (χ1n) is 4.81. The Labute approximate surface area is 84.5 Å². The fraction of sp³-hybridized carbons (Fsp3) is 0.600. The molecule has 0 spiro atoms. The average Bonchev–Trinajstić information content (AvgIpc) is 2.01. The predicted molar refractivity (Wildman–Crippen MR) is 55.1 cm³/mol. The van der Waals surface area contributed by atoms with Crippen molar-refractivity contribution in [2.45, 2.75) is 39.3 Å². The lowest BCUT2D eigenvalue weighted by molar-refractivity contribution is 0.232. The fourth-order valence-corrected chi connectivity index (χ4v) is 1.12. The fourth-order valence-electron chi connectivity index (χ4n) is 1.12. The number of hydrogen-bond acceptors (Lipinski definition) is 4. The maximum absolute atomic E-state index is 5.67. The summed E-state index contributed by atoms with van der Waals surface area (Å²) in [7, 11) is 0. The highest BCUT2D eigenvalue weighted by molar-refractivity contribution is 5.14. The zero-order valence-corrected chi connectivity index (χ0v) is 8.90. The second-order valence-corrected chi connectivity index (χ2v) is 3.70. The Kier molecular flexibility index (Phi) is 3.83. The van der Waals surface area contributed by atoms with Crippen LogP contribution in [0.4, 0.5) is 0 Å². The number of hydrogen-bond donors (Lipinski definition) is 1. The maximum Gasteiger partial charge on any atom is 0.216 e. The highest BCUT2D eigenvalue weighted by atomic mass is 16.5. The van der Waals surface area contributed by atoms with E-state index in [4.69, 9.17) is 10.5 Å². The van der Waals surface area contributed by atoms with Crippen molar-refractivity contribution in [3.63, 3.8) is 0 Å². The SMILES string of the molecule is CC(N)Cc1cc(OC(C)C)ncn1. The van der Waals surface area contributed by atoms with Gasteiger partial charge in [0.15, 0.2) is 0 Å². The molecule has 0 aliphatic rings. The normalized spacial score (nSPS) is 12.9. The quantitative estimate of drug-likeness (QED) is 0.783. The van der Waals surface area contributed by atoms with Crippen molar-refractivity contribution in [1.29, 1.82) is 0 Å². The molecule has 2 N–H and O–H groups in total. The van der Waals surface area contributed by atoms with Crippen LogP contribution < -0.4 is 10.5 Å². The molecule has 0 aromatic carbocycles. The minimum absolute atomic E-state index is 0.108. The minimum atomic E-state index is 0.108. The van der Waals surface area contributed by atoms with Gasteiger partial charge in [-0.15, -0.1) is 0 Å². The van der Waals surface area contributed by atoms with E-state index in [1.54, 1.807) is 0 Å². The summed E-state index contributed by atoms with van der Waals surface area (Å²) in [6.45, 7) is 5.88. The Balaban J connectivity index is 2.68. The standard InChI is InChI=1S/C10H17N3O/c1-7(2)14-10-5-9(4-8(3)11)12-6-13-10/h5-8H,4,11H2,1-3H3. The largest absolute Gasteiger partial charge is 0.475 e. The highest BCUT2D eigenvalue weighted by Gasteiger charge is 2.03. The van der Waals surface area contributed by atoms with Gasteiger partial charge in [0.25, 0.3) is 0 Å². The Morgan fingerprint density at radius 2 is 2.07 bits per heavy atom. The van der Waals surface area contributed by atoms with Gasteiger partial charge in [-0.1, -0.05) is 0 Å². The molecule has 0 aliphatic heterocycles. The van der Waals surface area contributed by atoms with E-state index >= 15 is 0 Å². The zero-order chi connectivity index (χ0) is 10.6. The van der Waals surface area contributed by atoms with Crippen LogP contribution in [-0.2, 0) is 6.42 Å². The van der Waals surface area contributed by atoms with Gasteiger partial charge in [-0.05, 0) is 20.8 Å². The molecule has 78 valence electrons. The lowest BCUT2D eigenvalue weighted by Gasteiger charge is -2.09. The van der Waals surface area contributed by atoms with E-state index in [9.17, 15) is 0 Å². The molecule has 1 aromatic rings. The molecule has 0 saturated carbocycles. The van der Waals surface area contributed by atoms with Crippen molar-refractivity contribution in [2.75, 3.05) is 0 Å². The van der Waals surface area contributed by atoms with Gasteiger partial charge in [0.2, 0.25) is 5.88 Å². The van der Waals surface area contributed by atoms with Gasteiger partial charge in [-0.3, -0.25) is 0 Å². The molecule has 0 aliphatic carbocycles. The number of nitrogens with two attached hydrogens (primary N) is 1. The second-order valence-electron chi connectivity index (χ2n) is 3.70. The zero-order valence-electron chi connectivity index (χ0n) is 8.90. The van der Waals surface area contributed by atoms with Gasteiger partial charge >= 0.3 is 0 Å². The monoisotopic (exact) mass is 195 g/mol. The lowest BCUT2D eigenvalue weighted by atomic mass is 10.2. The molecule has 4 nitrogen and oxygen atoms in total. The molecule has 1 unspecified atom stereocenters. The Morgan fingerprint density at radius 3 is 2.64 bits per heavy atom. The van der Waals surface area contributed by atoms with Crippen molar-refractivity contribution in [1.82, 2.24) is 9.97 Å². The van der Waals surface area contributed by atoms with Gasteiger partial charge < -0.3 is 10.5 Å². The van der Waals surface area contributed by atoms with E-state index in [2.05, 4.69) is 9.97 Å². The molecule has 0 saturated heterocycles. The molecule has 1 heterocycles. The van der Waals surface area contributed by atoms with Crippen molar-refractivity contribution in [3.05, 3.63) is 18.1 Å². The van der Waals surface area contributed by atoms with Crippen LogP contribution in [0, 0.1) is 0 Å². The Hall–Kier alpha value is -1.16. The summed E-state index contributed by atoms with van der Waals surface area (Å²) in [5.74, 6) is 0.616. The van der Waals surface area contributed by atoms with E-state index in [0.717, 1.165) is 12.1 Å². The van der Waals surface area contributed by atoms with Crippen LogP contribution in [0.3, 0.4) is 0 Å². The summed E-state index contributed by atoms with van der Waals surface area (Å²) in [6.07, 6.45) is 2.39. The second kappa shape index (κ2) is 4.91. The number of ether oxygens (including phenoxy) is 1. The van der Waals surface area contributed by atoms with E-state index in [1.807, 2.05) is 26.8 Å². The number of rotatable bonds is 4. The molecule has 4 heteroatoms. The minimum Gasteiger partial charge on any atom is -0.475 e. The Morgan fingerprint density at radius 1 is 1.36 bits per heavy atom. The third-order valence-corrected chi connectivity index (χ3v) is 1.59. The average molecular weight is 195 g/mol. The summed E-state index contributed by atoms with van der Waals surface area (Å²) in [5, 5.41) is 0. The first kappa shape index (κ1) is 10.9. The Bertz CT molecular complexity index is 261. The van der Waals surface area contributed by atoms with E-state index < -0.39 is 0 Å².